The summed E-state index contributed by atoms with van der Waals surface area (Å²) >= 11 is 0. The number of likely N-dealkylation sites (tertiary alicyclic amines) is 1. The number of rotatable bonds is 5. The zero-order valence-corrected chi connectivity index (χ0v) is 12.1. The lowest BCUT2D eigenvalue weighted by Crippen LogP contribution is -2.60. The van der Waals surface area contributed by atoms with E-state index in [1.807, 2.05) is 14.0 Å². The number of amides is 2. The lowest BCUT2D eigenvalue weighted by Gasteiger charge is -2.41. The van der Waals surface area contributed by atoms with Gasteiger partial charge in [0.15, 0.2) is 0 Å². The van der Waals surface area contributed by atoms with E-state index in [1.165, 1.54) is 4.90 Å². The molecule has 1 atom stereocenters. The van der Waals surface area contributed by atoms with Gasteiger partial charge >= 0.3 is 12.0 Å². The average Bonchev–Trinajstić information content (AvgIpc) is 2.38. The van der Waals surface area contributed by atoms with Crippen LogP contribution in [-0.4, -0.2) is 65.7 Å². The summed E-state index contributed by atoms with van der Waals surface area (Å²) in [4.78, 5) is 27.1. The Morgan fingerprint density at radius 1 is 1.42 bits per heavy atom. The number of carbonyl (C=O) groups excluding carboxylic acids is 1. The van der Waals surface area contributed by atoms with Crippen molar-refractivity contribution in [3.8, 4) is 0 Å². The number of nitrogens with one attached hydrogen (secondary N) is 1. The summed E-state index contributed by atoms with van der Waals surface area (Å²) in [6, 6.07) is -0.269. The first-order valence-electron chi connectivity index (χ1n) is 6.89. The van der Waals surface area contributed by atoms with Crippen LogP contribution in [0.3, 0.4) is 0 Å². The fraction of sp³-hybridized carbons (Fsp3) is 0.846. The molecule has 0 aromatic heterocycles. The highest BCUT2D eigenvalue weighted by Gasteiger charge is 2.43. The van der Waals surface area contributed by atoms with Gasteiger partial charge in [0.25, 0.3) is 0 Å². The van der Waals surface area contributed by atoms with E-state index in [-0.39, 0.29) is 6.03 Å². The van der Waals surface area contributed by atoms with Crippen molar-refractivity contribution in [1.29, 1.82) is 0 Å². The molecule has 110 valence electrons. The van der Waals surface area contributed by atoms with E-state index >= 15 is 0 Å². The molecule has 0 bridgehead atoms. The molecule has 1 unspecified atom stereocenters. The summed E-state index contributed by atoms with van der Waals surface area (Å²) < 4.78 is 0. The standard InChI is InChI=1S/C13H25N3O3/c1-4-15(3)10-8-14-12(19)16-9-6-5-7-13(16,2)11(17)18/h4-10H2,1-3H3,(H,14,19)(H,17,18). The topological polar surface area (TPSA) is 72.9 Å². The molecule has 2 N–H and O–H groups in total. The van der Waals surface area contributed by atoms with Crippen LogP contribution in [0.4, 0.5) is 4.79 Å². The molecule has 0 aromatic rings. The van der Waals surface area contributed by atoms with E-state index in [0.717, 1.165) is 25.9 Å². The second kappa shape index (κ2) is 6.75. The van der Waals surface area contributed by atoms with Crippen molar-refractivity contribution < 1.29 is 14.7 Å². The van der Waals surface area contributed by atoms with Crippen molar-refractivity contribution >= 4 is 12.0 Å². The van der Waals surface area contributed by atoms with Gasteiger partial charge in [-0.05, 0) is 39.8 Å². The molecule has 0 saturated carbocycles. The molecular weight excluding hydrogens is 246 g/mol. The molecule has 6 heteroatoms. The Morgan fingerprint density at radius 2 is 2.11 bits per heavy atom. The highest BCUT2D eigenvalue weighted by atomic mass is 16.4. The quantitative estimate of drug-likeness (QED) is 0.781. The fourth-order valence-electron chi connectivity index (χ4n) is 2.28. The number of hydrogen-bond donors (Lipinski definition) is 2. The molecule has 1 fully saturated rings. The lowest BCUT2D eigenvalue weighted by molar-refractivity contribution is -0.150. The average molecular weight is 271 g/mol. The number of likely N-dealkylation sites (N-methyl/N-ethyl adjacent to an activating group) is 1. The maximum atomic E-state index is 12.1. The van der Waals surface area contributed by atoms with Crippen LogP contribution >= 0.6 is 0 Å². The number of carboxylic acids is 1. The van der Waals surface area contributed by atoms with Gasteiger partial charge in [-0.2, -0.15) is 0 Å². The molecule has 1 aliphatic heterocycles. The summed E-state index contributed by atoms with van der Waals surface area (Å²) in [7, 11) is 1.98. The van der Waals surface area contributed by atoms with E-state index in [2.05, 4.69) is 10.2 Å². The maximum absolute atomic E-state index is 12.1. The SMILES string of the molecule is CCN(C)CCNC(=O)N1CCCCC1(C)C(=O)O. The van der Waals surface area contributed by atoms with E-state index in [0.29, 0.717) is 19.5 Å². The van der Waals surface area contributed by atoms with Gasteiger partial charge in [-0.3, -0.25) is 0 Å². The summed E-state index contributed by atoms with van der Waals surface area (Å²) in [6.07, 6.45) is 2.24. The van der Waals surface area contributed by atoms with Gasteiger partial charge in [0, 0.05) is 19.6 Å². The van der Waals surface area contributed by atoms with Crippen LogP contribution in [0.1, 0.15) is 33.1 Å². The van der Waals surface area contributed by atoms with Gasteiger partial charge < -0.3 is 20.2 Å². The van der Waals surface area contributed by atoms with Gasteiger partial charge in [-0.1, -0.05) is 6.92 Å². The number of nitrogens with zero attached hydrogens (tertiary/aromatic N) is 2. The molecular formula is C13H25N3O3. The Balaban J connectivity index is 2.56. The molecule has 0 aromatic carbocycles. The lowest BCUT2D eigenvalue weighted by atomic mass is 9.89. The van der Waals surface area contributed by atoms with Crippen LogP contribution in [0, 0.1) is 0 Å². The van der Waals surface area contributed by atoms with Crippen molar-refractivity contribution in [2.45, 2.75) is 38.6 Å². The molecule has 0 aliphatic carbocycles. The smallest absolute Gasteiger partial charge is 0.329 e. The molecule has 19 heavy (non-hydrogen) atoms. The molecule has 1 saturated heterocycles. The molecule has 0 spiro atoms. The number of piperidine rings is 1. The monoisotopic (exact) mass is 271 g/mol. The number of hydrogen-bond acceptors (Lipinski definition) is 3. The second-order valence-electron chi connectivity index (χ2n) is 5.32. The van der Waals surface area contributed by atoms with Gasteiger partial charge in [0.1, 0.15) is 5.54 Å². The van der Waals surface area contributed by atoms with Gasteiger partial charge in [0.2, 0.25) is 0 Å². The Kier molecular flexibility index (Phi) is 5.60. The number of urea groups is 1. The van der Waals surface area contributed by atoms with Crippen LogP contribution in [0.25, 0.3) is 0 Å². The van der Waals surface area contributed by atoms with E-state index in [1.54, 1.807) is 6.92 Å². The first kappa shape index (κ1) is 15.8. The van der Waals surface area contributed by atoms with E-state index in [9.17, 15) is 14.7 Å². The van der Waals surface area contributed by atoms with Crippen LogP contribution in [0.15, 0.2) is 0 Å². The van der Waals surface area contributed by atoms with Crippen LogP contribution in [0.2, 0.25) is 0 Å². The minimum Gasteiger partial charge on any atom is -0.480 e. The van der Waals surface area contributed by atoms with Gasteiger partial charge in [0.05, 0.1) is 0 Å². The van der Waals surface area contributed by atoms with Crippen molar-refractivity contribution in [3.63, 3.8) is 0 Å². The Hall–Kier alpha value is -1.30. The third-order valence-electron chi connectivity index (χ3n) is 3.91. The van der Waals surface area contributed by atoms with E-state index in [4.69, 9.17) is 0 Å². The van der Waals surface area contributed by atoms with E-state index < -0.39 is 11.5 Å². The largest absolute Gasteiger partial charge is 0.480 e. The summed E-state index contributed by atoms with van der Waals surface area (Å²) in [5.74, 6) is -0.923. The maximum Gasteiger partial charge on any atom is 0.329 e. The highest BCUT2D eigenvalue weighted by Crippen LogP contribution is 2.28. The Morgan fingerprint density at radius 3 is 2.68 bits per heavy atom. The minimum absolute atomic E-state index is 0.269. The first-order valence-corrected chi connectivity index (χ1v) is 6.89. The van der Waals surface area contributed by atoms with Crippen molar-refractivity contribution in [2.75, 3.05) is 33.2 Å². The predicted octanol–water partition coefficient (Wildman–Crippen LogP) is 0.977. The van der Waals surface area contributed by atoms with Gasteiger partial charge in [-0.15, -0.1) is 0 Å². The predicted molar refractivity (Wildman–Crippen MR) is 73.2 cm³/mol. The number of carboxylic acid groups (broad SMARTS) is 1. The van der Waals surface area contributed by atoms with Crippen LogP contribution in [0.5, 0.6) is 0 Å². The minimum atomic E-state index is -1.07. The zero-order valence-electron chi connectivity index (χ0n) is 12.1. The Bertz CT molecular complexity index is 335. The number of aliphatic carboxylic acids is 1. The van der Waals surface area contributed by atoms with Crippen molar-refractivity contribution in [3.05, 3.63) is 0 Å². The van der Waals surface area contributed by atoms with Crippen molar-refractivity contribution in [1.82, 2.24) is 15.1 Å². The number of carbonyl (C=O) groups is 2. The molecule has 0 radical (unpaired) electrons. The third kappa shape index (κ3) is 3.83. The van der Waals surface area contributed by atoms with Crippen molar-refractivity contribution in [2.24, 2.45) is 0 Å². The molecule has 1 rings (SSSR count). The highest BCUT2D eigenvalue weighted by molar-refractivity contribution is 5.86. The second-order valence-corrected chi connectivity index (χ2v) is 5.32. The first-order chi connectivity index (χ1) is 8.91. The van der Waals surface area contributed by atoms with Crippen LogP contribution < -0.4 is 5.32 Å². The molecule has 2 amide bonds. The third-order valence-corrected chi connectivity index (χ3v) is 3.91. The van der Waals surface area contributed by atoms with Crippen LogP contribution in [-0.2, 0) is 4.79 Å². The Labute approximate surface area is 114 Å². The molecule has 1 heterocycles. The molecule has 6 nitrogen and oxygen atoms in total. The zero-order chi connectivity index (χ0) is 14.5. The fourth-order valence-corrected chi connectivity index (χ4v) is 2.28. The summed E-state index contributed by atoms with van der Waals surface area (Å²) in [6.45, 7) is 6.42. The normalized spacial score (nSPS) is 23.5. The molecule has 1 aliphatic rings. The summed E-state index contributed by atoms with van der Waals surface area (Å²) in [5, 5.41) is 12.1. The summed E-state index contributed by atoms with van der Waals surface area (Å²) in [5.41, 5.74) is -1.07. The van der Waals surface area contributed by atoms with Gasteiger partial charge in [-0.25, -0.2) is 9.59 Å².